The molecule has 0 radical (unpaired) electrons. The molecule has 6 rings (SSSR count). The summed E-state index contributed by atoms with van der Waals surface area (Å²) in [6.45, 7) is 1.23. The van der Waals surface area contributed by atoms with E-state index in [1.54, 1.807) is 53.3 Å². The molecule has 0 saturated carbocycles. The number of aldehydes is 1. The van der Waals surface area contributed by atoms with Crippen LogP contribution in [0, 0.1) is 5.82 Å². The second kappa shape index (κ2) is 10.6. The van der Waals surface area contributed by atoms with Crippen LogP contribution in [0.5, 0.6) is 5.75 Å². The second-order valence-corrected chi connectivity index (χ2v) is 7.55. The van der Waals surface area contributed by atoms with E-state index < -0.39 is 0 Å². The number of anilines is 1. The van der Waals surface area contributed by atoms with E-state index in [0.717, 1.165) is 28.2 Å². The van der Waals surface area contributed by atoms with Gasteiger partial charge < -0.3 is 15.7 Å². The molecule has 4 heterocycles. The van der Waals surface area contributed by atoms with Gasteiger partial charge in [0.2, 0.25) is 0 Å². The molecule has 3 aromatic heterocycles. The minimum Gasteiger partial charge on any atom is -0.508 e. The Hall–Kier alpha value is -4.57. The maximum atomic E-state index is 13.5. The summed E-state index contributed by atoms with van der Waals surface area (Å²) in [6.07, 6.45) is 4.14. The normalized spacial score (nSPS) is 11.8. The molecule has 9 nitrogen and oxygen atoms in total. The summed E-state index contributed by atoms with van der Waals surface area (Å²) in [5.74, 6) is 0.824. The lowest BCUT2D eigenvalue weighted by atomic mass is 10.1. The fraction of sp³-hybridized carbons (Fsp3) is 0.120. The van der Waals surface area contributed by atoms with Gasteiger partial charge in [0.25, 0.3) is 0 Å². The lowest BCUT2D eigenvalue weighted by molar-refractivity contribution is 0.111. The Morgan fingerprint density at radius 3 is 2.49 bits per heavy atom. The van der Waals surface area contributed by atoms with E-state index in [9.17, 15) is 9.18 Å². The summed E-state index contributed by atoms with van der Waals surface area (Å²) in [7, 11) is 1.50. The molecule has 0 aliphatic carbocycles. The second-order valence-electron chi connectivity index (χ2n) is 7.55. The van der Waals surface area contributed by atoms with Crippen LogP contribution in [0.15, 0.2) is 73.1 Å². The number of carbonyl (C=O) groups is 1. The van der Waals surface area contributed by atoms with Crippen LogP contribution in [-0.4, -0.2) is 43.2 Å². The molecule has 10 heteroatoms. The SMILES string of the molecule is CN.O=Cc1cc2nc(N3Cc4ccc(F)cc4C3)cc(-c3cn[nH]c3)n2n1.Oc1ccccc1. The molecule has 1 aliphatic heterocycles. The van der Waals surface area contributed by atoms with E-state index in [4.69, 9.17) is 5.11 Å². The van der Waals surface area contributed by atoms with Gasteiger partial charge >= 0.3 is 0 Å². The molecular formula is C25H24FN7O2. The Labute approximate surface area is 200 Å². The zero-order chi connectivity index (χ0) is 24.8. The maximum absolute atomic E-state index is 13.5. The van der Waals surface area contributed by atoms with Crippen molar-refractivity contribution in [2.45, 2.75) is 13.1 Å². The Balaban J connectivity index is 0.000000275. The summed E-state index contributed by atoms with van der Waals surface area (Å²) >= 11 is 0. The van der Waals surface area contributed by atoms with Crippen molar-refractivity contribution in [2.24, 2.45) is 5.73 Å². The number of aromatic amines is 1. The first-order valence-corrected chi connectivity index (χ1v) is 10.8. The van der Waals surface area contributed by atoms with Crippen LogP contribution in [0.25, 0.3) is 16.9 Å². The lowest BCUT2D eigenvalue weighted by Crippen LogP contribution is -2.17. The van der Waals surface area contributed by atoms with Crippen molar-refractivity contribution < 1.29 is 14.3 Å². The van der Waals surface area contributed by atoms with Gasteiger partial charge in [-0.05, 0) is 42.4 Å². The van der Waals surface area contributed by atoms with E-state index in [1.807, 2.05) is 18.2 Å². The highest BCUT2D eigenvalue weighted by Crippen LogP contribution is 2.31. The minimum absolute atomic E-state index is 0.237. The van der Waals surface area contributed by atoms with Crippen molar-refractivity contribution in [2.75, 3.05) is 11.9 Å². The molecule has 0 atom stereocenters. The number of nitrogens with zero attached hydrogens (tertiary/aromatic N) is 5. The fourth-order valence-corrected chi connectivity index (χ4v) is 3.75. The molecule has 35 heavy (non-hydrogen) atoms. The molecule has 0 bridgehead atoms. The van der Waals surface area contributed by atoms with Gasteiger partial charge in [0.05, 0.1) is 11.9 Å². The Morgan fingerprint density at radius 2 is 1.83 bits per heavy atom. The number of fused-ring (bicyclic) bond motifs is 2. The van der Waals surface area contributed by atoms with Crippen molar-refractivity contribution in [3.05, 3.63) is 95.7 Å². The van der Waals surface area contributed by atoms with Gasteiger partial charge in [-0.1, -0.05) is 24.3 Å². The number of nitrogens with two attached hydrogens (primary N) is 1. The third-order valence-corrected chi connectivity index (χ3v) is 5.32. The average Bonchev–Trinajstić information content (AvgIpc) is 3.64. The van der Waals surface area contributed by atoms with Crippen LogP contribution in [0.3, 0.4) is 0 Å². The monoisotopic (exact) mass is 473 g/mol. The zero-order valence-electron chi connectivity index (χ0n) is 19.0. The number of aromatic nitrogens is 5. The molecule has 5 aromatic rings. The van der Waals surface area contributed by atoms with Gasteiger partial charge in [0, 0.05) is 37.0 Å². The van der Waals surface area contributed by atoms with Crippen molar-refractivity contribution >= 4 is 17.8 Å². The Morgan fingerprint density at radius 1 is 1.06 bits per heavy atom. The molecule has 4 N–H and O–H groups in total. The molecule has 1 aliphatic rings. The van der Waals surface area contributed by atoms with Crippen molar-refractivity contribution in [1.29, 1.82) is 0 Å². The van der Waals surface area contributed by atoms with Gasteiger partial charge in [0.1, 0.15) is 23.1 Å². The zero-order valence-corrected chi connectivity index (χ0v) is 19.0. The molecule has 0 amide bonds. The predicted octanol–water partition coefficient (Wildman–Crippen LogP) is 3.56. The van der Waals surface area contributed by atoms with Gasteiger partial charge in [-0.2, -0.15) is 10.2 Å². The van der Waals surface area contributed by atoms with Crippen LogP contribution in [0.1, 0.15) is 21.6 Å². The summed E-state index contributed by atoms with van der Waals surface area (Å²) in [6, 6.07) is 17.1. The Kier molecular flexibility index (Phi) is 7.12. The fourth-order valence-electron chi connectivity index (χ4n) is 3.75. The van der Waals surface area contributed by atoms with Crippen LogP contribution in [-0.2, 0) is 13.1 Å². The Bertz CT molecular complexity index is 1420. The maximum Gasteiger partial charge on any atom is 0.170 e. The number of hydrogen-bond donors (Lipinski definition) is 3. The summed E-state index contributed by atoms with van der Waals surface area (Å²) in [5.41, 5.74) is 9.03. The minimum atomic E-state index is -0.237. The molecular weight excluding hydrogens is 449 g/mol. The predicted molar refractivity (Wildman–Crippen MR) is 130 cm³/mol. The van der Waals surface area contributed by atoms with Crippen LogP contribution in [0.4, 0.5) is 10.2 Å². The number of halogens is 1. The number of rotatable bonds is 3. The lowest BCUT2D eigenvalue weighted by Gasteiger charge is -2.17. The van der Waals surface area contributed by atoms with Crippen molar-refractivity contribution in [3.63, 3.8) is 0 Å². The number of benzene rings is 2. The van der Waals surface area contributed by atoms with E-state index in [-0.39, 0.29) is 5.82 Å². The molecule has 0 spiro atoms. The smallest absolute Gasteiger partial charge is 0.170 e. The number of phenolic OH excluding ortho intramolecular Hbond substituents is 1. The number of aromatic hydroxyl groups is 1. The summed E-state index contributed by atoms with van der Waals surface area (Å²) in [5, 5.41) is 19.7. The van der Waals surface area contributed by atoms with Crippen LogP contribution in [0.2, 0.25) is 0 Å². The van der Waals surface area contributed by atoms with Gasteiger partial charge in [-0.15, -0.1) is 0 Å². The number of nitrogens with one attached hydrogen (secondary N) is 1. The van der Waals surface area contributed by atoms with Gasteiger partial charge in [-0.3, -0.25) is 9.89 Å². The van der Waals surface area contributed by atoms with E-state index in [0.29, 0.717) is 36.5 Å². The molecule has 0 unspecified atom stereocenters. The third kappa shape index (κ3) is 5.17. The first-order valence-electron chi connectivity index (χ1n) is 10.8. The average molecular weight is 474 g/mol. The highest BCUT2D eigenvalue weighted by atomic mass is 19.1. The van der Waals surface area contributed by atoms with E-state index in [1.165, 1.54) is 13.1 Å². The topological polar surface area (TPSA) is 125 Å². The number of para-hydroxylation sites is 1. The molecule has 2 aromatic carbocycles. The first-order chi connectivity index (χ1) is 17.1. The molecule has 0 saturated heterocycles. The number of phenols is 1. The standard InChI is InChI=1S/C18H13FN6O.C6H6O.CH5N/c19-14-2-1-11-8-24(9-12(11)3-14)17-5-16(13-6-20-21-7-13)25-18(22-17)4-15(10-26)23-25;7-6-4-2-1-3-5-6;1-2/h1-7,10H,8-9H2,(H,20,21);1-5,7H;2H2,1H3. The van der Waals surface area contributed by atoms with E-state index >= 15 is 0 Å². The summed E-state index contributed by atoms with van der Waals surface area (Å²) in [4.78, 5) is 17.8. The first kappa shape index (κ1) is 23.6. The van der Waals surface area contributed by atoms with Crippen molar-refractivity contribution in [1.82, 2.24) is 24.8 Å². The van der Waals surface area contributed by atoms with Crippen LogP contribution < -0.4 is 10.6 Å². The molecule has 178 valence electrons. The number of hydrogen-bond acceptors (Lipinski definition) is 7. The number of H-pyrrole nitrogens is 1. The van der Waals surface area contributed by atoms with Gasteiger partial charge in [0.15, 0.2) is 11.9 Å². The van der Waals surface area contributed by atoms with Gasteiger partial charge in [-0.25, -0.2) is 13.9 Å². The van der Waals surface area contributed by atoms with Crippen LogP contribution >= 0.6 is 0 Å². The third-order valence-electron chi connectivity index (χ3n) is 5.32. The molecule has 0 fully saturated rings. The summed E-state index contributed by atoms with van der Waals surface area (Å²) < 4.78 is 15.1. The highest BCUT2D eigenvalue weighted by Gasteiger charge is 2.22. The largest absolute Gasteiger partial charge is 0.508 e. The van der Waals surface area contributed by atoms with E-state index in [2.05, 4.69) is 30.9 Å². The number of carbonyl (C=O) groups excluding carboxylic acids is 1. The van der Waals surface area contributed by atoms with Crippen molar-refractivity contribution in [3.8, 4) is 17.0 Å². The highest BCUT2D eigenvalue weighted by molar-refractivity contribution is 5.76. The quantitative estimate of drug-likeness (QED) is 0.342.